The fourth-order valence-corrected chi connectivity index (χ4v) is 1.05. The third-order valence-corrected chi connectivity index (χ3v) is 2.08. The third kappa shape index (κ3) is 2.90. The molecule has 0 saturated carbocycles. The summed E-state index contributed by atoms with van der Waals surface area (Å²) < 4.78 is 12.8. The van der Waals surface area contributed by atoms with Crippen LogP contribution in [0.5, 0.6) is 0 Å². The van der Waals surface area contributed by atoms with Crippen LogP contribution in [0.4, 0.5) is 10.2 Å². The van der Waals surface area contributed by atoms with E-state index in [1.165, 1.54) is 0 Å². The van der Waals surface area contributed by atoms with Crippen LogP contribution in [0.15, 0.2) is 12.3 Å². The number of anilines is 1. The number of nitrogens with zero attached hydrogens (tertiary/aromatic N) is 1. The number of rotatable bonds is 4. The molecule has 0 amide bonds. The SMILES string of the molecule is CCC(C)Nc1ncc(F)cc1C(=O)O. The number of carboxylic acids is 1. The maximum Gasteiger partial charge on any atom is 0.339 e. The molecule has 82 valence electrons. The molecule has 0 aromatic carbocycles. The van der Waals surface area contributed by atoms with E-state index >= 15 is 0 Å². The van der Waals surface area contributed by atoms with Crippen LogP contribution in [0, 0.1) is 5.82 Å². The van der Waals surface area contributed by atoms with Crippen molar-refractivity contribution < 1.29 is 14.3 Å². The fraction of sp³-hybridized carbons (Fsp3) is 0.400. The monoisotopic (exact) mass is 212 g/mol. The Balaban J connectivity index is 3.01. The first-order valence-electron chi connectivity index (χ1n) is 4.70. The smallest absolute Gasteiger partial charge is 0.339 e. The second-order valence-corrected chi connectivity index (χ2v) is 3.31. The molecule has 0 aliphatic heterocycles. The normalized spacial score (nSPS) is 12.2. The zero-order chi connectivity index (χ0) is 11.4. The van der Waals surface area contributed by atoms with Crippen LogP contribution in [-0.4, -0.2) is 22.1 Å². The number of hydrogen-bond donors (Lipinski definition) is 2. The van der Waals surface area contributed by atoms with Gasteiger partial charge in [0.2, 0.25) is 0 Å². The molecule has 1 heterocycles. The summed E-state index contributed by atoms with van der Waals surface area (Å²) in [4.78, 5) is 14.5. The van der Waals surface area contributed by atoms with E-state index in [-0.39, 0.29) is 17.4 Å². The molecule has 0 bridgehead atoms. The highest BCUT2D eigenvalue weighted by Crippen LogP contribution is 2.15. The molecule has 15 heavy (non-hydrogen) atoms. The van der Waals surface area contributed by atoms with E-state index in [0.29, 0.717) is 0 Å². The first kappa shape index (κ1) is 11.4. The molecular formula is C10H13FN2O2. The molecule has 0 saturated heterocycles. The van der Waals surface area contributed by atoms with Crippen molar-refractivity contribution in [2.24, 2.45) is 0 Å². The van der Waals surface area contributed by atoms with Crippen LogP contribution >= 0.6 is 0 Å². The molecule has 1 aromatic rings. The topological polar surface area (TPSA) is 62.2 Å². The zero-order valence-electron chi connectivity index (χ0n) is 8.62. The number of hydrogen-bond acceptors (Lipinski definition) is 3. The van der Waals surface area contributed by atoms with Crippen molar-refractivity contribution in [1.29, 1.82) is 0 Å². The Morgan fingerprint density at radius 1 is 1.73 bits per heavy atom. The molecule has 1 atom stereocenters. The van der Waals surface area contributed by atoms with Crippen LogP contribution in [0.3, 0.4) is 0 Å². The Kier molecular flexibility index (Phi) is 3.60. The van der Waals surface area contributed by atoms with E-state index in [1.807, 2.05) is 13.8 Å². The molecule has 0 radical (unpaired) electrons. The Morgan fingerprint density at radius 2 is 2.40 bits per heavy atom. The van der Waals surface area contributed by atoms with Crippen molar-refractivity contribution in [3.05, 3.63) is 23.6 Å². The highest BCUT2D eigenvalue weighted by Gasteiger charge is 2.13. The van der Waals surface area contributed by atoms with Gasteiger partial charge in [-0.05, 0) is 19.4 Å². The highest BCUT2D eigenvalue weighted by molar-refractivity contribution is 5.93. The molecule has 4 nitrogen and oxygen atoms in total. The van der Waals surface area contributed by atoms with Gasteiger partial charge in [-0.25, -0.2) is 14.2 Å². The van der Waals surface area contributed by atoms with Gasteiger partial charge >= 0.3 is 5.97 Å². The summed E-state index contributed by atoms with van der Waals surface area (Å²) in [5, 5.41) is 11.7. The molecule has 2 N–H and O–H groups in total. The summed E-state index contributed by atoms with van der Waals surface area (Å²) >= 11 is 0. The average molecular weight is 212 g/mol. The van der Waals surface area contributed by atoms with Crippen LogP contribution < -0.4 is 5.32 Å². The summed E-state index contributed by atoms with van der Waals surface area (Å²) in [5.41, 5.74) is -0.143. The third-order valence-electron chi connectivity index (χ3n) is 2.08. The Hall–Kier alpha value is -1.65. The van der Waals surface area contributed by atoms with Crippen LogP contribution in [0.1, 0.15) is 30.6 Å². The molecular weight excluding hydrogens is 199 g/mol. The highest BCUT2D eigenvalue weighted by atomic mass is 19.1. The van der Waals surface area contributed by atoms with Gasteiger partial charge in [-0.3, -0.25) is 0 Å². The van der Waals surface area contributed by atoms with Crippen molar-refractivity contribution in [3.63, 3.8) is 0 Å². The lowest BCUT2D eigenvalue weighted by atomic mass is 10.2. The molecule has 5 heteroatoms. The average Bonchev–Trinajstić information content (AvgIpc) is 2.20. The van der Waals surface area contributed by atoms with E-state index in [0.717, 1.165) is 18.7 Å². The molecule has 1 unspecified atom stereocenters. The lowest BCUT2D eigenvalue weighted by Gasteiger charge is -2.13. The fourth-order valence-electron chi connectivity index (χ4n) is 1.05. The van der Waals surface area contributed by atoms with Crippen molar-refractivity contribution in [1.82, 2.24) is 4.98 Å². The van der Waals surface area contributed by atoms with Gasteiger partial charge in [0, 0.05) is 6.04 Å². The van der Waals surface area contributed by atoms with Crippen molar-refractivity contribution >= 4 is 11.8 Å². The number of aromatic carboxylic acids is 1. The summed E-state index contributed by atoms with van der Waals surface area (Å²) in [6.45, 7) is 3.86. The van der Waals surface area contributed by atoms with E-state index in [1.54, 1.807) is 0 Å². The van der Waals surface area contributed by atoms with Gasteiger partial charge in [0.05, 0.1) is 6.20 Å². The standard InChI is InChI=1S/C10H13FN2O2/c1-3-6(2)13-9-8(10(14)15)4-7(11)5-12-9/h4-6H,3H2,1-2H3,(H,12,13)(H,14,15). The number of pyridine rings is 1. The lowest BCUT2D eigenvalue weighted by Crippen LogP contribution is -2.17. The summed E-state index contributed by atoms with van der Waals surface area (Å²) in [6.07, 6.45) is 1.83. The van der Waals surface area contributed by atoms with Crippen LogP contribution in [0.25, 0.3) is 0 Å². The second-order valence-electron chi connectivity index (χ2n) is 3.31. The minimum Gasteiger partial charge on any atom is -0.478 e. The second kappa shape index (κ2) is 4.72. The molecule has 0 aliphatic carbocycles. The first-order chi connectivity index (χ1) is 7.04. The van der Waals surface area contributed by atoms with E-state index in [4.69, 9.17) is 5.11 Å². The van der Waals surface area contributed by atoms with Gasteiger partial charge in [0.25, 0.3) is 0 Å². The summed E-state index contributed by atoms with van der Waals surface area (Å²) in [7, 11) is 0. The molecule has 0 spiro atoms. The summed E-state index contributed by atoms with van der Waals surface area (Å²) in [6, 6.07) is 1.06. The van der Waals surface area contributed by atoms with Crippen molar-refractivity contribution in [2.45, 2.75) is 26.3 Å². The zero-order valence-corrected chi connectivity index (χ0v) is 8.62. The van der Waals surface area contributed by atoms with Gasteiger partial charge < -0.3 is 10.4 Å². The van der Waals surface area contributed by atoms with Crippen molar-refractivity contribution in [3.8, 4) is 0 Å². The number of aromatic nitrogens is 1. The predicted octanol–water partition coefficient (Wildman–Crippen LogP) is 2.13. The number of carbonyl (C=O) groups is 1. The maximum absolute atomic E-state index is 12.8. The van der Waals surface area contributed by atoms with E-state index in [9.17, 15) is 9.18 Å². The summed E-state index contributed by atoms with van der Waals surface area (Å²) in [5.74, 6) is -1.63. The van der Waals surface area contributed by atoms with Gasteiger partial charge in [0.15, 0.2) is 0 Å². The molecule has 1 aromatic heterocycles. The van der Waals surface area contributed by atoms with E-state index in [2.05, 4.69) is 10.3 Å². The Bertz CT molecular complexity index is 368. The van der Waals surface area contributed by atoms with Gasteiger partial charge in [-0.15, -0.1) is 0 Å². The Labute approximate surface area is 87.1 Å². The quantitative estimate of drug-likeness (QED) is 0.802. The van der Waals surface area contributed by atoms with Crippen LogP contribution in [0.2, 0.25) is 0 Å². The van der Waals surface area contributed by atoms with Gasteiger partial charge in [0.1, 0.15) is 17.2 Å². The lowest BCUT2D eigenvalue weighted by molar-refractivity contribution is 0.0697. The predicted molar refractivity (Wildman–Crippen MR) is 54.5 cm³/mol. The van der Waals surface area contributed by atoms with Crippen molar-refractivity contribution in [2.75, 3.05) is 5.32 Å². The first-order valence-corrected chi connectivity index (χ1v) is 4.70. The maximum atomic E-state index is 12.8. The molecule has 0 fully saturated rings. The number of carboxylic acid groups (broad SMARTS) is 1. The number of halogens is 1. The minimum atomic E-state index is -1.19. The molecule has 0 aliphatic rings. The van der Waals surface area contributed by atoms with Gasteiger partial charge in [-0.1, -0.05) is 6.92 Å². The van der Waals surface area contributed by atoms with Crippen LogP contribution in [-0.2, 0) is 0 Å². The minimum absolute atomic E-state index is 0.0982. The molecule has 1 rings (SSSR count). The van der Waals surface area contributed by atoms with E-state index < -0.39 is 11.8 Å². The Morgan fingerprint density at radius 3 is 2.93 bits per heavy atom. The largest absolute Gasteiger partial charge is 0.478 e. The van der Waals surface area contributed by atoms with Gasteiger partial charge in [-0.2, -0.15) is 0 Å². The number of nitrogens with one attached hydrogen (secondary N) is 1.